The summed E-state index contributed by atoms with van der Waals surface area (Å²) >= 11 is 0. The molecular weight excluding hydrogens is 284 g/mol. The largest absolute Gasteiger partial charge is 0.319 e. The summed E-state index contributed by atoms with van der Waals surface area (Å²) in [5.74, 6) is 0.420. The molecule has 0 radical (unpaired) electrons. The van der Waals surface area contributed by atoms with E-state index >= 15 is 0 Å². The molecule has 0 aromatic heterocycles. The van der Waals surface area contributed by atoms with Gasteiger partial charge in [-0.15, -0.1) is 0 Å². The molecule has 2 atom stereocenters. The van der Waals surface area contributed by atoms with Crippen molar-refractivity contribution in [2.24, 2.45) is 5.92 Å². The second-order valence-electron chi connectivity index (χ2n) is 5.97. The molecular formula is C16H26N2O2S. The average Bonchev–Trinajstić information content (AvgIpc) is 2.48. The lowest BCUT2D eigenvalue weighted by atomic mass is 9.94. The fourth-order valence-corrected chi connectivity index (χ4v) is 4.64. The van der Waals surface area contributed by atoms with Crippen LogP contribution in [-0.2, 0) is 16.4 Å². The number of hydrogen-bond acceptors (Lipinski definition) is 3. The number of sulfonamides is 1. The first-order valence-electron chi connectivity index (χ1n) is 7.72. The number of hydrogen-bond donors (Lipinski definition) is 1. The Labute approximate surface area is 128 Å². The molecule has 1 aliphatic heterocycles. The third-order valence-corrected chi connectivity index (χ3v) is 6.51. The van der Waals surface area contributed by atoms with Crippen LogP contribution >= 0.6 is 0 Å². The van der Waals surface area contributed by atoms with Gasteiger partial charge in [-0.3, -0.25) is 0 Å². The Morgan fingerprint density at radius 3 is 2.52 bits per heavy atom. The summed E-state index contributed by atoms with van der Waals surface area (Å²) in [7, 11) is -1.45. The molecule has 1 N–H and O–H groups in total. The quantitative estimate of drug-likeness (QED) is 0.907. The molecule has 0 amide bonds. The van der Waals surface area contributed by atoms with Crippen LogP contribution in [0.1, 0.15) is 32.3 Å². The lowest BCUT2D eigenvalue weighted by molar-refractivity contribution is 0.202. The summed E-state index contributed by atoms with van der Waals surface area (Å²) in [6, 6.07) is 7.40. The van der Waals surface area contributed by atoms with Crippen LogP contribution < -0.4 is 5.32 Å². The first-order valence-corrected chi connectivity index (χ1v) is 9.16. The van der Waals surface area contributed by atoms with Gasteiger partial charge in [-0.05, 0) is 63.4 Å². The highest BCUT2D eigenvalue weighted by molar-refractivity contribution is 7.89. The van der Waals surface area contributed by atoms with Crippen LogP contribution in [0.15, 0.2) is 29.2 Å². The maximum Gasteiger partial charge on any atom is 0.243 e. The van der Waals surface area contributed by atoms with E-state index in [0.717, 1.165) is 31.4 Å². The average molecular weight is 310 g/mol. The minimum absolute atomic E-state index is 0.0766. The maximum absolute atomic E-state index is 12.8. The van der Waals surface area contributed by atoms with Gasteiger partial charge < -0.3 is 5.32 Å². The van der Waals surface area contributed by atoms with Crippen molar-refractivity contribution in [3.63, 3.8) is 0 Å². The lowest BCUT2D eigenvalue weighted by Crippen LogP contribution is -2.45. The van der Waals surface area contributed by atoms with Gasteiger partial charge in [0.25, 0.3) is 0 Å². The van der Waals surface area contributed by atoms with Crippen LogP contribution in [0.25, 0.3) is 0 Å². The Hall–Kier alpha value is -0.910. The van der Waals surface area contributed by atoms with E-state index in [4.69, 9.17) is 0 Å². The molecule has 5 heteroatoms. The van der Waals surface area contributed by atoms with Gasteiger partial charge in [0.15, 0.2) is 0 Å². The maximum atomic E-state index is 12.8. The van der Waals surface area contributed by atoms with Crippen LogP contribution in [0.5, 0.6) is 0 Å². The molecule has 1 saturated heterocycles. The molecule has 21 heavy (non-hydrogen) atoms. The lowest BCUT2D eigenvalue weighted by Gasteiger charge is -2.36. The van der Waals surface area contributed by atoms with E-state index in [-0.39, 0.29) is 6.04 Å². The minimum atomic E-state index is -3.36. The van der Waals surface area contributed by atoms with E-state index in [1.165, 1.54) is 0 Å². The van der Waals surface area contributed by atoms with E-state index in [0.29, 0.717) is 17.4 Å². The Bertz CT molecular complexity index is 554. The second kappa shape index (κ2) is 6.90. The topological polar surface area (TPSA) is 49.4 Å². The molecule has 1 heterocycles. The molecule has 118 valence electrons. The minimum Gasteiger partial charge on any atom is -0.319 e. The summed E-state index contributed by atoms with van der Waals surface area (Å²) in [5, 5.41) is 3.10. The van der Waals surface area contributed by atoms with Gasteiger partial charge in [-0.25, -0.2) is 8.42 Å². The van der Waals surface area contributed by atoms with E-state index in [2.05, 4.69) is 12.2 Å². The van der Waals surface area contributed by atoms with E-state index in [9.17, 15) is 8.42 Å². The van der Waals surface area contributed by atoms with Crippen molar-refractivity contribution < 1.29 is 8.42 Å². The van der Waals surface area contributed by atoms with Gasteiger partial charge in [-0.1, -0.05) is 19.1 Å². The fourth-order valence-electron chi connectivity index (χ4n) is 2.87. The first-order chi connectivity index (χ1) is 9.96. The molecule has 2 rings (SSSR count). The van der Waals surface area contributed by atoms with E-state index in [1.807, 2.05) is 26.1 Å². The number of likely N-dealkylation sites (N-methyl/N-ethyl adjacent to an activating group) is 1. The number of piperidine rings is 1. The molecule has 0 aliphatic carbocycles. The Kier molecular flexibility index (Phi) is 5.41. The third-order valence-electron chi connectivity index (χ3n) is 4.51. The molecule has 2 unspecified atom stereocenters. The van der Waals surface area contributed by atoms with E-state index in [1.54, 1.807) is 16.4 Å². The van der Waals surface area contributed by atoms with Crippen LogP contribution in [0.3, 0.4) is 0 Å². The summed E-state index contributed by atoms with van der Waals surface area (Å²) in [6.45, 7) is 5.68. The zero-order valence-electron chi connectivity index (χ0n) is 13.2. The molecule has 0 bridgehead atoms. The second-order valence-corrected chi connectivity index (χ2v) is 7.86. The smallest absolute Gasteiger partial charge is 0.243 e. The summed E-state index contributed by atoms with van der Waals surface area (Å²) in [4.78, 5) is 0.414. The van der Waals surface area contributed by atoms with Crippen molar-refractivity contribution in [3.05, 3.63) is 29.8 Å². The standard InChI is InChI=1S/C16H26N2O2S/c1-13-5-4-12-18(14(13)2)21(19,20)16-8-6-15(7-9-16)10-11-17-3/h6-9,13-14,17H,4-5,10-12H2,1-3H3. The predicted molar refractivity (Wildman–Crippen MR) is 85.8 cm³/mol. The Morgan fingerprint density at radius 1 is 1.24 bits per heavy atom. The molecule has 0 spiro atoms. The molecule has 4 nitrogen and oxygen atoms in total. The summed E-state index contributed by atoms with van der Waals surface area (Å²) in [5.41, 5.74) is 1.16. The van der Waals surface area contributed by atoms with Gasteiger partial charge in [-0.2, -0.15) is 4.31 Å². The Morgan fingerprint density at radius 2 is 1.90 bits per heavy atom. The Balaban J connectivity index is 2.19. The first kappa shape index (κ1) is 16.5. The van der Waals surface area contributed by atoms with Crippen LogP contribution in [-0.4, -0.2) is 38.9 Å². The van der Waals surface area contributed by atoms with Crippen LogP contribution in [0, 0.1) is 5.92 Å². The molecule has 1 fully saturated rings. The van der Waals surface area contributed by atoms with Gasteiger partial charge >= 0.3 is 0 Å². The molecule has 1 aromatic rings. The summed E-state index contributed by atoms with van der Waals surface area (Å²) in [6.07, 6.45) is 2.97. The molecule has 0 saturated carbocycles. The van der Waals surface area contributed by atoms with Crippen LogP contribution in [0.4, 0.5) is 0 Å². The number of nitrogens with one attached hydrogen (secondary N) is 1. The van der Waals surface area contributed by atoms with Crippen molar-refractivity contribution in [3.8, 4) is 0 Å². The van der Waals surface area contributed by atoms with E-state index < -0.39 is 10.0 Å². The van der Waals surface area contributed by atoms with Gasteiger partial charge in [0.1, 0.15) is 0 Å². The highest BCUT2D eigenvalue weighted by atomic mass is 32.2. The zero-order chi connectivity index (χ0) is 15.5. The van der Waals surface area contributed by atoms with Crippen molar-refractivity contribution in [2.75, 3.05) is 20.1 Å². The van der Waals surface area contributed by atoms with Gasteiger partial charge in [0.05, 0.1) is 4.90 Å². The van der Waals surface area contributed by atoms with Gasteiger partial charge in [0.2, 0.25) is 10.0 Å². The van der Waals surface area contributed by atoms with Crippen molar-refractivity contribution in [2.45, 2.75) is 44.0 Å². The number of rotatable bonds is 5. The molecule has 1 aromatic carbocycles. The van der Waals surface area contributed by atoms with Crippen molar-refractivity contribution >= 4 is 10.0 Å². The van der Waals surface area contributed by atoms with Crippen LogP contribution in [0.2, 0.25) is 0 Å². The number of benzene rings is 1. The third kappa shape index (κ3) is 3.65. The van der Waals surface area contributed by atoms with Crippen molar-refractivity contribution in [1.82, 2.24) is 9.62 Å². The fraction of sp³-hybridized carbons (Fsp3) is 0.625. The zero-order valence-corrected chi connectivity index (χ0v) is 14.0. The normalized spacial score (nSPS) is 24.1. The van der Waals surface area contributed by atoms with Gasteiger partial charge in [0, 0.05) is 12.6 Å². The highest BCUT2D eigenvalue weighted by Crippen LogP contribution is 2.28. The monoisotopic (exact) mass is 310 g/mol. The SMILES string of the molecule is CNCCc1ccc(S(=O)(=O)N2CCCC(C)C2C)cc1. The predicted octanol–water partition coefficient (Wildman–Crippen LogP) is 2.26. The molecule has 1 aliphatic rings. The summed E-state index contributed by atoms with van der Waals surface area (Å²) < 4.78 is 27.2. The number of nitrogens with zero attached hydrogens (tertiary/aromatic N) is 1. The highest BCUT2D eigenvalue weighted by Gasteiger charge is 2.34. The van der Waals surface area contributed by atoms with Crippen molar-refractivity contribution in [1.29, 1.82) is 0 Å².